The largest absolute Gasteiger partial charge is 0.478 e. The predicted octanol–water partition coefficient (Wildman–Crippen LogP) is 4.51. The standard InChI is InChI=1S/C17H12INO2/c1-10-14(17(20)21)15-12(18)8-5-9-13(15)19-16(10)11-6-3-2-4-7-11/h2-9H,1H3,(H,20,21). The number of carbonyl (C=O) groups is 1. The van der Waals surface area contributed by atoms with E-state index >= 15 is 0 Å². The normalized spacial score (nSPS) is 10.8. The van der Waals surface area contributed by atoms with Gasteiger partial charge < -0.3 is 5.11 Å². The van der Waals surface area contributed by atoms with Crippen molar-refractivity contribution < 1.29 is 9.90 Å². The van der Waals surface area contributed by atoms with Gasteiger partial charge in [0.05, 0.1) is 16.8 Å². The lowest BCUT2D eigenvalue weighted by Gasteiger charge is -2.13. The second-order valence-corrected chi connectivity index (χ2v) is 5.93. The first kappa shape index (κ1) is 14.0. The van der Waals surface area contributed by atoms with Crippen molar-refractivity contribution in [2.24, 2.45) is 0 Å². The molecule has 0 saturated heterocycles. The number of fused-ring (bicyclic) bond motifs is 1. The van der Waals surface area contributed by atoms with Gasteiger partial charge in [0.2, 0.25) is 0 Å². The molecule has 0 bridgehead atoms. The Balaban J connectivity index is 2.44. The Morgan fingerprint density at radius 2 is 1.81 bits per heavy atom. The van der Waals surface area contributed by atoms with Gasteiger partial charge in [0.1, 0.15) is 0 Å². The molecule has 3 rings (SSSR count). The highest BCUT2D eigenvalue weighted by atomic mass is 127. The number of pyridine rings is 1. The number of hydrogen-bond donors (Lipinski definition) is 1. The molecule has 1 aromatic heterocycles. The highest BCUT2D eigenvalue weighted by Crippen LogP contribution is 2.31. The molecule has 0 fully saturated rings. The molecule has 2 aromatic carbocycles. The summed E-state index contributed by atoms with van der Waals surface area (Å²) in [5, 5.41) is 10.3. The lowest BCUT2D eigenvalue weighted by molar-refractivity contribution is 0.0698. The Labute approximate surface area is 135 Å². The molecule has 0 unspecified atom stereocenters. The van der Waals surface area contributed by atoms with Crippen LogP contribution in [0.4, 0.5) is 0 Å². The van der Waals surface area contributed by atoms with E-state index in [0.29, 0.717) is 22.0 Å². The molecular weight excluding hydrogens is 377 g/mol. The molecule has 0 atom stereocenters. The molecule has 104 valence electrons. The summed E-state index contributed by atoms with van der Waals surface area (Å²) in [5.74, 6) is -0.916. The lowest BCUT2D eigenvalue weighted by atomic mass is 9.98. The Bertz CT molecular complexity index is 844. The fourth-order valence-corrected chi connectivity index (χ4v) is 3.26. The SMILES string of the molecule is Cc1c(-c2ccccc2)nc2cccc(I)c2c1C(=O)O. The second-order valence-electron chi connectivity index (χ2n) is 4.77. The number of carboxylic acid groups (broad SMARTS) is 1. The summed E-state index contributed by atoms with van der Waals surface area (Å²) >= 11 is 2.16. The third kappa shape index (κ3) is 2.40. The second kappa shape index (κ2) is 5.44. The summed E-state index contributed by atoms with van der Waals surface area (Å²) in [7, 11) is 0. The Morgan fingerprint density at radius 1 is 1.10 bits per heavy atom. The third-order valence-electron chi connectivity index (χ3n) is 3.47. The summed E-state index contributed by atoms with van der Waals surface area (Å²) in [6, 6.07) is 15.3. The zero-order chi connectivity index (χ0) is 15.0. The molecule has 0 saturated carbocycles. The number of benzene rings is 2. The first-order valence-corrected chi connectivity index (χ1v) is 7.55. The molecule has 0 spiro atoms. The average molecular weight is 389 g/mol. The third-order valence-corrected chi connectivity index (χ3v) is 4.36. The smallest absolute Gasteiger partial charge is 0.336 e. The maximum Gasteiger partial charge on any atom is 0.336 e. The van der Waals surface area contributed by atoms with Crippen molar-refractivity contribution in [3.63, 3.8) is 0 Å². The molecule has 0 aliphatic rings. The quantitative estimate of drug-likeness (QED) is 0.656. The fraction of sp³-hybridized carbons (Fsp3) is 0.0588. The zero-order valence-corrected chi connectivity index (χ0v) is 13.5. The minimum absolute atomic E-state index is 0.337. The molecule has 0 aliphatic heterocycles. The van der Waals surface area contributed by atoms with Crippen molar-refractivity contribution in [1.82, 2.24) is 4.98 Å². The van der Waals surface area contributed by atoms with Gasteiger partial charge in [-0.1, -0.05) is 36.4 Å². The van der Waals surface area contributed by atoms with Gasteiger partial charge in [-0.25, -0.2) is 9.78 Å². The van der Waals surface area contributed by atoms with Crippen molar-refractivity contribution in [3.8, 4) is 11.3 Å². The van der Waals surface area contributed by atoms with Gasteiger partial charge in [-0.05, 0) is 47.2 Å². The molecule has 0 amide bonds. The number of nitrogens with zero attached hydrogens (tertiary/aromatic N) is 1. The van der Waals surface area contributed by atoms with Crippen LogP contribution in [0.3, 0.4) is 0 Å². The Kier molecular flexibility index (Phi) is 3.63. The van der Waals surface area contributed by atoms with E-state index in [4.69, 9.17) is 0 Å². The molecule has 0 aliphatic carbocycles. The van der Waals surface area contributed by atoms with Gasteiger partial charge >= 0.3 is 5.97 Å². The number of hydrogen-bond acceptors (Lipinski definition) is 2. The molecule has 3 aromatic rings. The number of halogens is 1. The number of rotatable bonds is 2. The van der Waals surface area contributed by atoms with Crippen molar-refractivity contribution in [2.75, 3.05) is 0 Å². The molecular formula is C17H12INO2. The van der Waals surface area contributed by atoms with E-state index < -0.39 is 5.97 Å². The summed E-state index contributed by atoms with van der Waals surface area (Å²) in [4.78, 5) is 16.4. The van der Waals surface area contributed by atoms with Gasteiger partial charge in [-0.3, -0.25) is 0 Å². The first-order chi connectivity index (χ1) is 10.1. The van der Waals surface area contributed by atoms with Crippen LogP contribution in [0.25, 0.3) is 22.2 Å². The van der Waals surface area contributed by atoms with Crippen molar-refractivity contribution in [2.45, 2.75) is 6.92 Å². The van der Waals surface area contributed by atoms with Crippen molar-refractivity contribution >= 4 is 39.5 Å². The van der Waals surface area contributed by atoms with E-state index in [1.807, 2.05) is 55.5 Å². The van der Waals surface area contributed by atoms with Crippen LogP contribution in [-0.2, 0) is 0 Å². The van der Waals surface area contributed by atoms with Crippen LogP contribution in [0, 0.1) is 10.5 Å². The lowest BCUT2D eigenvalue weighted by Crippen LogP contribution is -2.06. The van der Waals surface area contributed by atoms with E-state index in [1.54, 1.807) is 0 Å². The number of aromatic carboxylic acids is 1. The van der Waals surface area contributed by atoms with Crippen molar-refractivity contribution in [1.29, 1.82) is 0 Å². The van der Waals surface area contributed by atoms with Crippen LogP contribution >= 0.6 is 22.6 Å². The average Bonchev–Trinajstić information content (AvgIpc) is 2.48. The van der Waals surface area contributed by atoms with Crippen LogP contribution in [0.1, 0.15) is 15.9 Å². The Morgan fingerprint density at radius 3 is 2.48 bits per heavy atom. The van der Waals surface area contributed by atoms with Gasteiger partial charge in [-0.15, -0.1) is 0 Å². The fourth-order valence-electron chi connectivity index (χ4n) is 2.51. The molecule has 0 radical (unpaired) electrons. The van der Waals surface area contributed by atoms with Gasteiger partial charge in [-0.2, -0.15) is 0 Å². The highest BCUT2D eigenvalue weighted by Gasteiger charge is 2.19. The maximum absolute atomic E-state index is 11.7. The maximum atomic E-state index is 11.7. The molecule has 21 heavy (non-hydrogen) atoms. The molecule has 1 N–H and O–H groups in total. The van der Waals surface area contributed by atoms with Gasteiger partial charge in [0.25, 0.3) is 0 Å². The first-order valence-electron chi connectivity index (χ1n) is 6.47. The van der Waals surface area contributed by atoms with Gasteiger partial charge in [0.15, 0.2) is 0 Å². The van der Waals surface area contributed by atoms with E-state index in [0.717, 1.165) is 14.8 Å². The zero-order valence-electron chi connectivity index (χ0n) is 11.3. The van der Waals surface area contributed by atoms with Crippen LogP contribution < -0.4 is 0 Å². The van der Waals surface area contributed by atoms with Crippen molar-refractivity contribution in [3.05, 3.63) is 63.2 Å². The van der Waals surface area contributed by atoms with Crippen LogP contribution in [0.5, 0.6) is 0 Å². The summed E-state index contributed by atoms with van der Waals surface area (Å²) in [6.45, 7) is 1.82. The van der Waals surface area contributed by atoms with Crippen LogP contribution in [0.2, 0.25) is 0 Å². The highest BCUT2D eigenvalue weighted by molar-refractivity contribution is 14.1. The van der Waals surface area contributed by atoms with Gasteiger partial charge in [0, 0.05) is 14.5 Å². The molecule has 4 heteroatoms. The summed E-state index contributed by atoms with van der Waals surface area (Å²) in [5.41, 5.74) is 3.40. The predicted molar refractivity (Wildman–Crippen MR) is 91.6 cm³/mol. The Hall–Kier alpha value is -1.95. The van der Waals surface area contributed by atoms with Crippen LogP contribution in [-0.4, -0.2) is 16.1 Å². The number of aromatic nitrogens is 1. The van der Waals surface area contributed by atoms with E-state index in [9.17, 15) is 9.90 Å². The van der Waals surface area contributed by atoms with E-state index in [1.165, 1.54) is 0 Å². The molecule has 3 nitrogen and oxygen atoms in total. The monoisotopic (exact) mass is 389 g/mol. The van der Waals surface area contributed by atoms with Crippen LogP contribution in [0.15, 0.2) is 48.5 Å². The number of carboxylic acids is 1. The van der Waals surface area contributed by atoms with E-state index in [2.05, 4.69) is 27.6 Å². The minimum atomic E-state index is -0.916. The minimum Gasteiger partial charge on any atom is -0.478 e. The topological polar surface area (TPSA) is 50.2 Å². The molecule has 1 heterocycles. The van der Waals surface area contributed by atoms with E-state index in [-0.39, 0.29) is 0 Å². The summed E-state index contributed by atoms with van der Waals surface area (Å²) < 4.78 is 0.901. The summed E-state index contributed by atoms with van der Waals surface area (Å²) in [6.07, 6.45) is 0.